The first-order valence-electron chi connectivity index (χ1n) is 5.27. The van der Waals surface area contributed by atoms with E-state index in [1.165, 1.54) is 36.5 Å². The van der Waals surface area contributed by atoms with Crippen molar-refractivity contribution >= 4 is 38.9 Å². The SMILES string of the molecule is N#Cc1ccc(Cl)c(NS(=O)(=O)c2cccnc2Cl)c1. The minimum absolute atomic E-state index is 0.102. The van der Waals surface area contributed by atoms with Gasteiger partial charge < -0.3 is 0 Å². The Morgan fingerprint density at radius 1 is 1.25 bits per heavy atom. The van der Waals surface area contributed by atoms with Gasteiger partial charge in [0.25, 0.3) is 10.0 Å². The molecule has 0 atom stereocenters. The first kappa shape index (κ1) is 14.6. The van der Waals surface area contributed by atoms with E-state index >= 15 is 0 Å². The van der Waals surface area contributed by atoms with Gasteiger partial charge in [-0.2, -0.15) is 5.26 Å². The Morgan fingerprint density at radius 2 is 2.00 bits per heavy atom. The average Bonchev–Trinajstić information content (AvgIpc) is 2.41. The van der Waals surface area contributed by atoms with Gasteiger partial charge in [0.05, 0.1) is 22.3 Å². The summed E-state index contributed by atoms with van der Waals surface area (Å²) < 4.78 is 26.7. The number of benzene rings is 1. The van der Waals surface area contributed by atoms with Gasteiger partial charge in [-0.05, 0) is 30.3 Å². The van der Waals surface area contributed by atoms with Crippen LogP contribution < -0.4 is 4.72 Å². The maximum Gasteiger partial charge on any atom is 0.265 e. The van der Waals surface area contributed by atoms with Crippen molar-refractivity contribution in [1.29, 1.82) is 5.26 Å². The molecule has 1 heterocycles. The summed E-state index contributed by atoms with van der Waals surface area (Å²) >= 11 is 11.7. The second-order valence-electron chi connectivity index (χ2n) is 3.70. The molecular formula is C12H7Cl2N3O2S. The average molecular weight is 328 g/mol. The van der Waals surface area contributed by atoms with Gasteiger partial charge in [-0.25, -0.2) is 13.4 Å². The summed E-state index contributed by atoms with van der Waals surface area (Å²) in [6, 6.07) is 8.93. The second kappa shape index (κ2) is 5.67. The third-order valence-corrected chi connectivity index (χ3v) is 4.49. The lowest BCUT2D eigenvalue weighted by molar-refractivity contribution is 0.601. The topological polar surface area (TPSA) is 82.9 Å². The fourth-order valence-corrected chi connectivity index (χ4v) is 3.19. The number of aromatic nitrogens is 1. The molecule has 1 aromatic carbocycles. The maximum absolute atomic E-state index is 12.2. The Hall–Kier alpha value is -1.81. The van der Waals surface area contributed by atoms with E-state index in [-0.39, 0.29) is 26.3 Å². The normalized spacial score (nSPS) is 10.8. The van der Waals surface area contributed by atoms with Gasteiger partial charge in [0.15, 0.2) is 0 Å². The zero-order valence-electron chi connectivity index (χ0n) is 9.84. The molecule has 1 N–H and O–H groups in total. The Bertz CT molecular complexity index is 801. The lowest BCUT2D eigenvalue weighted by Crippen LogP contribution is -2.14. The Kier molecular flexibility index (Phi) is 4.14. The van der Waals surface area contributed by atoms with Crippen LogP contribution >= 0.6 is 23.2 Å². The van der Waals surface area contributed by atoms with Crippen molar-refractivity contribution in [3.8, 4) is 6.07 Å². The molecular weight excluding hydrogens is 321 g/mol. The van der Waals surface area contributed by atoms with Gasteiger partial charge in [-0.15, -0.1) is 0 Å². The van der Waals surface area contributed by atoms with Crippen LogP contribution in [0.4, 0.5) is 5.69 Å². The number of halogens is 2. The Morgan fingerprint density at radius 3 is 2.65 bits per heavy atom. The number of nitriles is 1. The van der Waals surface area contributed by atoms with E-state index in [1.54, 1.807) is 0 Å². The molecule has 0 amide bonds. The summed E-state index contributed by atoms with van der Waals surface area (Å²) in [4.78, 5) is 3.54. The number of hydrogen-bond acceptors (Lipinski definition) is 4. The van der Waals surface area contributed by atoms with Crippen molar-refractivity contribution in [3.63, 3.8) is 0 Å². The summed E-state index contributed by atoms with van der Waals surface area (Å²) in [5.74, 6) is 0. The zero-order valence-corrected chi connectivity index (χ0v) is 12.2. The predicted octanol–water partition coefficient (Wildman–Crippen LogP) is 3.06. The number of rotatable bonds is 3. The molecule has 2 aromatic rings. The van der Waals surface area contributed by atoms with E-state index in [0.29, 0.717) is 0 Å². The summed E-state index contributed by atoms with van der Waals surface area (Å²) in [6.45, 7) is 0. The molecule has 0 bridgehead atoms. The van der Waals surface area contributed by atoms with Crippen molar-refractivity contribution in [1.82, 2.24) is 4.98 Å². The predicted molar refractivity (Wildman–Crippen MR) is 76.2 cm³/mol. The molecule has 20 heavy (non-hydrogen) atoms. The van der Waals surface area contributed by atoms with Gasteiger partial charge >= 0.3 is 0 Å². The first-order chi connectivity index (χ1) is 9.44. The van der Waals surface area contributed by atoms with Crippen LogP contribution in [0.5, 0.6) is 0 Å². The molecule has 0 saturated heterocycles. The molecule has 0 aliphatic rings. The first-order valence-corrected chi connectivity index (χ1v) is 7.51. The highest BCUT2D eigenvalue weighted by Crippen LogP contribution is 2.27. The quantitative estimate of drug-likeness (QED) is 0.878. The smallest absolute Gasteiger partial charge is 0.265 e. The third kappa shape index (κ3) is 3.02. The minimum Gasteiger partial charge on any atom is -0.278 e. The lowest BCUT2D eigenvalue weighted by Gasteiger charge is -2.10. The van der Waals surface area contributed by atoms with Gasteiger partial charge in [0.1, 0.15) is 10.0 Å². The highest BCUT2D eigenvalue weighted by molar-refractivity contribution is 7.92. The monoisotopic (exact) mass is 327 g/mol. The number of nitrogens with one attached hydrogen (secondary N) is 1. The molecule has 8 heteroatoms. The van der Waals surface area contributed by atoms with Gasteiger partial charge in [-0.1, -0.05) is 23.2 Å². The molecule has 0 unspecified atom stereocenters. The molecule has 0 saturated carbocycles. The third-order valence-electron chi connectivity index (χ3n) is 2.35. The summed E-state index contributed by atoms with van der Waals surface area (Å²) in [7, 11) is -3.93. The van der Waals surface area contributed by atoms with Crippen LogP contribution in [0.15, 0.2) is 41.4 Å². The van der Waals surface area contributed by atoms with Crippen molar-refractivity contribution in [2.45, 2.75) is 4.90 Å². The Labute approximate surface area is 125 Å². The number of nitrogens with zero attached hydrogens (tertiary/aromatic N) is 2. The number of anilines is 1. The van der Waals surface area contributed by atoms with Gasteiger partial charge in [0, 0.05) is 6.20 Å². The molecule has 0 spiro atoms. The van der Waals surface area contributed by atoms with Crippen LogP contribution in [0.3, 0.4) is 0 Å². The van der Waals surface area contributed by atoms with E-state index < -0.39 is 10.0 Å². The van der Waals surface area contributed by atoms with Crippen molar-refractivity contribution in [3.05, 3.63) is 52.3 Å². The van der Waals surface area contributed by atoms with Crippen LogP contribution in [0.2, 0.25) is 10.2 Å². The van der Waals surface area contributed by atoms with Crippen molar-refractivity contribution in [2.75, 3.05) is 4.72 Å². The number of pyridine rings is 1. The number of hydrogen-bond donors (Lipinski definition) is 1. The second-order valence-corrected chi connectivity index (χ2v) is 6.12. The van der Waals surface area contributed by atoms with Crippen molar-refractivity contribution in [2.24, 2.45) is 0 Å². The van der Waals surface area contributed by atoms with Crippen LogP contribution in [-0.2, 0) is 10.0 Å². The highest BCUT2D eigenvalue weighted by atomic mass is 35.5. The van der Waals surface area contributed by atoms with E-state index in [4.69, 9.17) is 28.5 Å². The zero-order chi connectivity index (χ0) is 14.8. The summed E-state index contributed by atoms with van der Waals surface area (Å²) in [5, 5.41) is 8.84. The van der Waals surface area contributed by atoms with Gasteiger partial charge in [-0.3, -0.25) is 4.72 Å². The Balaban J connectivity index is 2.44. The van der Waals surface area contributed by atoms with E-state index in [2.05, 4.69) is 9.71 Å². The molecule has 0 aliphatic heterocycles. The van der Waals surface area contributed by atoms with Crippen LogP contribution in [0, 0.1) is 11.3 Å². The fraction of sp³-hybridized carbons (Fsp3) is 0. The van der Waals surface area contributed by atoms with E-state index in [1.807, 2.05) is 6.07 Å². The number of sulfonamides is 1. The van der Waals surface area contributed by atoms with Gasteiger partial charge in [0.2, 0.25) is 0 Å². The molecule has 1 aromatic heterocycles. The van der Waals surface area contributed by atoms with Crippen LogP contribution in [0.25, 0.3) is 0 Å². The molecule has 2 rings (SSSR count). The van der Waals surface area contributed by atoms with E-state index in [9.17, 15) is 8.42 Å². The molecule has 5 nitrogen and oxygen atoms in total. The minimum atomic E-state index is -3.93. The molecule has 0 radical (unpaired) electrons. The highest BCUT2D eigenvalue weighted by Gasteiger charge is 2.19. The summed E-state index contributed by atoms with van der Waals surface area (Å²) in [5.41, 5.74) is 0.384. The molecule has 0 aliphatic carbocycles. The van der Waals surface area contributed by atoms with Crippen LogP contribution in [-0.4, -0.2) is 13.4 Å². The largest absolute Gasteiger partial charge is 0.278 e. The lowest BCUT2D eigenvalue weighted by atomic mass is 10.2. The van der Waals surface area contributed by atoms with Crippen molar-refractivity contribution < 1.29 is 8.42 Å². The van der Waals surface area contributed by atoms with E-state index in [0.717, 1.165) is 0 Å². The molecule has 0 fully saturated rings. The maximum atomic E-state index is 12.2. The van der Waals surface area contributed by atoms with Crippen LogP contribution in [0.1, 0.15) is 5.56 Å². The standard InChI is InChI=1S/C12H7Cl2N3O2S/c13-9-4-3-8(7-15)6-10(9)17-20(18,19)11-2-1-5-16-12(11)14/h1-6,17H. The molecule has 102 valence electrons. The summed E-state index contributed by atoms with van der Waals surface area (Å²) in [6.07, 6.45) is 1.38. The fourth-order valence-electron chi connectivity index (χ4n) is 1.44.